The fraction of sp³-hybridized carbons (Fsp3) is 1.00. The molecule has 0 aromatic carbocycles. The van der Waals surface area contributed by atoms with E-state index < -0.39 is 39.1 Å². The second kappa shape index (κ2) is 6.81. The molecule has 128 valence electrons. The van der Waals surface area contributed by atoms with Gasteiger partial charge in [-0.15, -0.1) is 0 Å². The second-order valence-electron chi connectivity index (χ2n) is 9.01. The standard InChI is InChI=1S/C12H36O4Si5/c1-18(2,3)13-12(17,14-19(4,5)6)15-21(10,11)16-20(7,8)9/h1-11,17H3. The van der Waals surface area contributed by atoms with Gasteiger partial charge in [0.05, 0.1) is 0 Å². The Kier molecular flexibility index (Phi) is 7.11. The Labute approximate surface area is 139 Å². The molecule has 4 nitrogen and oxygen atoms in total. The predicted molar refractivity (Wildman–Crippen MR) is 105 cm³/mol. The van der Waals surface area contributed by atoms with Crippen molar-refractivity contribution in [3.63, 3.8) is 0 Å². The van der Waals surface area contributed by atoms with E-state index in [0.29, 0.717) is 10.2 Å². The quantitative estimate of drug-likeness (QED) is 0.475. The van der Waals surface area contributed by atoms with E-state index in [1.54, 1.807) is 0 Å². The molecule has 0 heterocycles. The van der Waals surface area contributed by atoms with Gasteiger partial charge < -0.3 is 17.4 Å². The normalized spacial score (nSPS) is 15.6. The number of hydrogen-bond donors (Lipinski definition) is 0. The van der Waals surface area contributed by atoms with Crippen molar-refractivity contribution < 1.29 is 17.4 Å². The average Bonchev–Trinajstić information content (AvgIpc) is 1.83. The largest absolute Gasteiger partial charge is 0.436 e. The Bertz CT molecular complexity index is 325. The third kappa shape index (κ3) is 12.1. The van der Waals surface area contributed by atoms with Crippen molar-refractivity contribution in [1.82, 2.24) is 0 Å². The average molecular weight is 385 g/mol. The number of rotatable bonds is 8. The Morgan fingerprint density at radius 2 is 0.905 bits per heavy atom. The SMILES string of the molecule is C[Si](C)(C)OC([SiH3])(O[Si](C)(C)C)O[Si](C)(C)O[Si](C)(C)C. The third-order valence-electron chi connectivity index (χ3n) is 1.97. The molecule has 0 aliphatic heterocycles. The molecule has 0 saturated heterocycles. The molecule has 0 spiro atoms. The molecule has 0 unspecified atom stereocenters. The monoisotopic (exact) mass is 384 g/mol. The summed E-state index contributed by atoms with van der Waals surface area (Å²) in [5.41, 5.74) is -0.857. The van der Waals surface area contributed by atoms with Crippen LogP contribution in [0.3, 0.4) is 0 Å². The molecule has 0 radical (unpaired) electrons. The van der Waals surface area contributed by atoms with Crippen LogP contribution in [0.15, 0.2) is 0 Å². The summed E-state index contributed by atoms with van der Waals surface area (Å²) in [6, 6.07) is 0. The molecule has 0 saturated carbocycles. The summed E-state index contributed by atoms with van der Waals surface area (Å²) in [5, 5.41) is 0. The lowest BCUT2D eigenvalue weighted by molar-refractivity contribution is -0.207. The van der Waals surface area contributed by atoms with Crippen molar-refractivity contribution >= 4 is 43.8 Å². The summed E-state index contributed by atoms with van der Waals surface area (Å²) < 4.78 is 25.3. The first-order chi connectivity index (χ1) is 8.83. The van der Waals surface area contributed by atoms with Crippen molar-refractivity contribution in [1.29, 1.82) is 0 Å². The molecule has 0 atom stereocenters. The van der Waals surface area contributed by atoms with Crippen LogP contribution in [0.5, 0.6) is 0 Å². The maximum absolute atomic E-state index is 6.39. The lowest BCUT2D eigenvalue weighted by atomic mass is 11.3. The lowest BCUT2D eigenvalue weighted by Gasteiger charge is -2.45. The van der Waals surface area contributed by atoms with E-state index in [9.17, 15) is 0 Å². The molecule has 0 N–H and O–H groups in total. The van der Waals surface area contributed by atoms with Gasteiger partial charge >= 0.3 is 8.56 Å². The Morgan fingerprint density at radius 1 is 0.571 bits per heavy atom. The van der Waals surface area contributed by atoms with E-state index in [1.807, 2.05) is 0 Å². The molecule has 0 rings (SSSR count). The van der Waals surface area contributed by atoms with Gasteiger partial charge in [0, 0.05) is 0 Å². The summed E-state index contributed by atoms with van der Waals surface area (Å²) >= 11 is 0. The zero-order valence-electron chi connectivity index (χ0n) is 16.1. The summed E-state index contributed by atoms with van der Waals surface area (Å²) in [7, 11) is -6.79. The van der Waals surface area contributed by atoms with Gasteiger partial charge in [-0.05, 0) is 72.0 Å². The molecular weight excluding hydrogens is 349 g/mol. The molecular formula is C12H36O4Si5. The van der Waals surface area contributed by atoms with E-state index in [-0.39, 0.29) is 0 Å². The maximum atomic E-state index is 6.39. The lowest BCUT2D eigenvalue weighted by Crippen LogP contribution is -2.59. The minimum Gasteiger partial charge on any atom is -0.436 e. The Morgan fingerprint density at radius 3 is 1.14 bits per heavy atom. The zero-order valence-corrected chi connectivity index (χ0v) is 22.1. The van der Waals surface area contributed by atoms with Crippen molar-refractivity contribution in [3.05, 3.63) is 0 Å². The van der Waals surface area contributed by atoms with E-state index >= 15 is 0 Å². The van der Waals surface area contributed by atoms with Gasteiger partial charge in [0.25, 0.3) is 0 Å². The minimum absolute atomic E-state index is 0.675. The van der Waals surface area contributed by atoms with Crippen LogP contribution in [0.4, 0.5) is 0 Å². The first-order valence-corrected chi connectivity index (χ1v) is 21.7. The molecule has 0 bridgehead atoms. The van der Waals surface area contributed by atoms with Crippen molar-refractivity contribution in [2.75, 3.05) is 0 Å². The molecule has 0 fully saturated rings. The van der Waals surface area contributed by atoms with Gasteiger partial charge in [-0.25, -0.2) is 0 Å². The minimum atomic E-state index is -2.28. The Hall–Kier alpha value is 0.924. The summed E-state index contributed by atoms with van der Waals surface area (Å²) in [6.07, 6.45) is 0. The molecule has 0 aromatic heterocycles. The Balaban J connectivity index is 5.23. The fourth-order valence-electron chi connectivity index (χ4n) is 2.38. The first-order valence-electron chi connectivity index (χ1n) is 7.63. The van der Waals surface area contributed by atoms with Gasteiger partial charge in [-0.3, -0.25) is 0 Å². The highest BCUT2D eigenvalue weighted by Crippen LogP contribution is 2.28. The zero-order chi connectivity index (χ0) is 17.3. The summed E-state index contributed by atoms with van der Waals surface area (Å²) in [6.45, 7) is 23.8. The van der Waals surface area contributed by atoms with Crippen molar-refractivity contribution in [2.45, 2.75) is 77.6 Å². The van der Waals surface area contributed by atoms with E-state index in [4.69, 9.17) is 17.4 Å². The molecule has 0 amide bonds. The van der Waals surface area contributed by atoms with Crippen LogP contribution in [-0.4, -0.2) is 49.4 Å². The van der Waals surface area contributed by atoms with Gasteiger partial charge in [0.2, 0.25) is 5.60 Å². The smallest absolute Gasteiger partial charge is 0.325 e. The van der Waals surface area contributed by atoms with Gasteiger partial charge in [-0.2, -0.15) is 0 Å². The van der Waals surface area contributed by atoms with Gasteiger partial charge in [0.1, 0.15) is 10.2 Å². The van der Waals surface area contributed by atoms with Crippen LogP contribution in [0.1, 0.15) is 0 Å². The van der Waals surface area contributed by atoms with Crippen LogP contribution in [0.2, 0.25) is 72.0 Å². The fourth-order valence-corrected chi connectivity index (χ4v) is 17.2. The number of hydrogen-bond acceptors (Lipinski definition) is 4. The van der Waals surface area contributed by atoms with E-state index in [2.05, 4.69) is 72.0 Å². The highest BCUT2D eigenvalue weighted by Gasteiger charge is 2.44. The first kappa shape index (κ1) is 21.9. The highest BCUT2D eigenvalue weighted by molar-refractivity contribution is 6.81. The van der Waals surface area contributed by atoms with E-state index in [1.165, 1.54) is 0 Å². The highest BCUT2D eigenvalue weighted by atomic mass is 28.4. The second-order valence-corrected chi connectivity index (χ2v) is 27.1. The van der Waals surface area contributed by atoms with Crippen LogP contribution >= 0.6 is 0 Å². The van der Waals surface area contributed by atoms with Gasteiger partial charge in [0.15, 0.2) is 25.0 Å². The molecule has 9 heteroatoms. The van der Waals surface area contributed by atoms with Crippen LogP contribution < -0.4 is 0 Å². The van der Waals surface area contributed by atoms with Gasteiger partial charge in [-0.1, -0.05) is 0 Å². The van der Waals surface area contributed by atoms with Crippen molar-refractivity contribution in [3.8, 4) is 0 Å². The molecule has 0 aromatic rings. The van der Waals surface area contributed by atoms with Crippen LogP contribution in [-0.2, 0) is 17.4 Å². The summed E-state index contributed by atoms with van der Waals surface area (Å²) in [5.74, 6) is 0. The third-order valence-corrected chi connectivity index (χ3v) is 11.0. The van der Waals surface area contributed by atoms with E-state index in [0.717, 1.165) is 0 Å². The topological polar surface area (TPSA) is 36.9 Å². The molecule has 0 aliphatic carbocycles. The van der Waals surface area contributed by atoms with Crippen LogP contribution in [0, 0.1) is 0 Å². The molecule has 21 heavy (non-hydrogen) atoms. The van der Waals surface area contributed by atoms with Crippen LogP contribution in [0.25, 0.3) is 0 Å². The predicted octanol–water partition coefficient (Wildman–Crippen LogP) is 3.24. The summed E-state index contributed by atoms with van der Waals surface area (Å²) in [4.78, 5) is 0. The molecule has 0 aliphatic rings. The maximum Gasteiger partial charge on any atom is 0.325 e. The van der Waals surface area contributed by atoms with Crippen molar-refractivity contribution in [2.24, 2.45) is 0 Å².